The molecule has 0 aliphatic heterocycles. The first-order valence-electron chi connectivity index (χ1n) is 5.77. The molecule has 1 aromatic heterocycles. The maximum Gasteiger partial charge on any atom is 0.311 e. The predicted octanol–water partition coefficient (Wildman–Crippen LogP) is 0.648. The number of hydrogen-bond acceptors (Lipinski definition) is 4. The maximum absolute atomic E-state index is 11.8. The number of nitrogens with two attached hydrogens (primary N) is 1. The molecule has 1 aliphatic carbocycles. The first kappa shape index (κ1) is 12.3. The number of carboxylic acids is 1. The van der Waals surface area contributed by atoms with E-state index in [1.165, 1.54) is 12.3 Å². The summed E-state index contributed by atoms with van der Waals surface area (Å²) in [6, 6.07) is 3.09. The zero-order chi connectivity index (χ0) is 13.2. The van der Waals surface area contributed by atoms with Crippen LogP contribution in [-0.2, 0) is 4.79 Å². The summed E-state index contributed by atoms with van der Waals surface area (Å²) >= 11 is 0. The second-order valence-electron chi connectivity index (χ2n) is 4.60. The van der Waals surface area contributed by atoms with Gasteiger partial charge in [-0.1, -0.05) is 6.42 Å². The van der Waals surface area contributed by atoms with Crippen molar-refractivity contribution in [2.24, 2.45) is 5.41 Å². The number of aromatic nitrogens is 1. The maximum atomic E-state index is 11.8. The van der Waals surface area contributed by atoms with Crippen LogP contribution in [0.15, 0.2) is 18.3 Å². The van der Waals surface area contributed by atoms with E-state index in [9.17, 15) is 9.59 Å². The number of nitrogens with one attached hydrogen (secondary N) is 1. The first-order valence-corrected chi connectivity index (χ1v) is 5.77. The van der Waals surface area contributed by atoms with E-state index in [-0.39, 0.29) is 18.1 Å². The zero-order valence-electron chi connectivity index (χ0n) is 9.85. The van der Waals surface area contributed by atoms with Gasteiger partial charge in [0.25, 0.3) is 5.91 Å². The summed E-state index contributed by atoms with van der Waals surface area (Å²) in [5.41, 5.74) is 5.40. The van der Waals surface area contributed by atoms with Crippen LogP contribution >= 0.6 is 0 Å². The lowest BCUT2D eigenvalue weighted by Crippen LogP contribution is -2.47. The third kappa shape index (κ3) is 2.27. The molecule has 0 spiro atoms. The van der Waals surface area contributed by atoms with E-state index in [0.29, 0.717) is 18.5 Å². The van der Waals surface area contributed by atoms with Gasteiger partial charge in [0.05, 0.1) is 17.3 Å². The molecule has 1 heterocycles. The second kappa shape index (κ2) is 4.64. The third-order valence-corrected chi connectivity index (χ3v) is 3.37. The summed E-state index contributed by atoms with van der Waals surface area (Å²) in [4.78, 5) is 26.8. The number of nitrogen functional groups attached to an aromatic ring is 1. The Hall–Kier alpha value is -2.11. The number of aliphatic carboxylic acids is 1. The smallest absolute Gasteiger partial charge is 0.311 e. The van der Waals surface area contributed by atoms with Gasteiger partial charge in [-0.25, -0.2) is 4.98 Å². The highest BCUT2D eigenvalue weighted by Crippen LogP contribution is 2.40. The van der Waals surface area contributed by atoms with Crippen LogP contribution in [0.4, 0.5) is 5.69 Å². The van der Waals surface area contributed by atoms with E-state index in [2.05, 4.69) is 10.3 Å². The average Bonchev–Trinajstić information content (AvgIpc) is 2.27. The van der Waals surface area contributed by atoms with Gasteiger partial charge in [0, 0.05) is 6.54 Å². The van der Waals surface area contributed by atoms with Gasteiger partial charge in [0.15, 0.2) is 0 Å². The Labute approximate surface area is 104 Å². The minimum Gasteiger partial charge on any atom is -0.481 e. The molecule has 1 aromatic rings. The van der Waals surface area contributed by atoms with Crippen molar-refractivity contribution in [2.75, 3.05) is 12.3 Å². The molecule has 1 aliphatic rings. The van der Waals surface area contributed by atoms with Crippen molar-refractivity contribution in [1.29, 1.82) is 0 Å². The van der Waals surface area contributed by atoms with Crippen molar-refractivity contribution >= 4 is 17.6 Å². The molecule has 4 N–H and O–H groups in total. The molecule has 18 heavy (non-hydrogen) atoms. The van der Waals surface area contributed by atoms with Crippen molar-refractivity contribution in [3.8, 4) is 0 Å². The highest BCUT2D eigenvalue weighted by molar-refractivity contribution is 5.92. The molecule has 0 bridgehead atoms. The molecule has 0 saturated heterocycles. The molecule has 0 unspecified atom stereocenters. The molecule has 96 valence electrons. The highest BCUT2D eigenvalue weighted by atomic mass is 16.4. The van der Waals surface area contributed by atoms with E-state index in [0.717, 1.165) is 6.42 Å². The number of carbonyl (C=O) groups excluding carboxylic acids is 1. The fourth-order valence-corrected chi connectivity index (χ4v) is 1.95. The van der Waals surface area contributed by atoms with E-state index < -0.39 is 11.4 Å². The van der Waals surface area contributed by atoms with Crippen LogP contribution in [0.1, 0.15) is 29.8 Å². The molecule has 1 fully saturated rings. The minimum absolute atomic E-state index is 0.146. The van der Waals surface area contributed by atoms with Crippen molar-refractivity contribution < 1.29 is 14.7 Å². The number of carbonyl (C=O) groups is 2. The second-order valence-corrected chi connectivity index (χ2v) is 4.60. The normalized spacial score (nSPS) is 16.7. The summed E-state index contributed by atoms with van der Waals surface area (Å²) < 4.78 is 0. The summed E-state index contributed by atoms with van der Waals surface area (Å²) in [7, 11) is 0. The van der Waals surface area contributed by atoms with Gasteiger partial charge in [-0.05, 0) is 25.0 Å². The highest BCUT2D eigenvalue weighted by Gasteiger charge is 2.44. The van der Waals surface area contributed by atoms with Gasteiger partial charge in [0.2, 0.25) is 0 Å². The minimum atomic E-state index is -0.848. The van der Waals surface area contributed by atoms with Crippen molar-refractivity contribution in [2.45, 2.75) is 19.3 Å². The molecule has 0 atom stereocenters. The summed E-state index contributed by atoms with van der Waals surface area (Å²) in [5.74, 6) is -1.22. The average molecular weight is 249 g/mol. The summed E-state index contributed by atoms with van der Waals surface area (Å²) in [6.45, 7) is 0.146. The SMILES string of the molecule is Nc1ccc(C(=O)NCC2(C(=O)O)CCC2)nc1. The fraction of sp³-hybridized carbons (Fsp3) is 0.417. The van der Waals surface area contributed by atoms with E-state index in [1.54, 1.807) is 6.07 Å². The first-order chi connectivity index (χ1) is 8.53. The van der Waals surface area contributed by atoms with Crippen LogP contribution in [0.2, 0.25) is 0 Å². The lowest BCUT2D eigenvalue weighted by atomic mass is 9.69. The predicted molar refractivity (Wildman–Crippen MR) is 64.9 cm³/mol. The van der Waals surface area contributed by atoms with Gasteiger partial charge in [-0.3, -0.25) is 9.59 Å². The molecule has 6 nitrogen and oxygen atoms in total. The molecule has 1 saturated carbocycles. The van der Waals surface area contributed by atoms with Crippen LogP contribution in [0.3, 0.4) is 0 Å². The fourth-order valence-electron chi connectivity index (χ4n) is 1.95. The Morgan fingerprint density at radius 3 is 2.61 bits per heavy atom. The summed E-state index contributed by atoms with van der Waals surface area (Å²) in [5, 5.41) is 11.7. The van der Waals surface area contributed by atoms with Crippen molar-refractivity contribution in [3.63, 3.8) is 0 Å². The largest absolute Gasteiger partial charge is 0.481 e. The molecule has 6 heteroatoms. The molecule has 0 aromatic carbocycles. The van der Waals surface area contributed by atoms with E-state index in [1.807, 2.05) is 0 Å². The number of pyridine rings is 1. The number of nitrogens with zero attached hydrogens (tertiary/aromatic N) is 1. The van der Waals surface area contributed by atoms with Crippen LogP contribution in [0.25, 0.3) is 0 Å². The van der Waals surface area contributed by atoms with Crippen LogP contribution in [-0.4, -0.2) is 28.5 Å². The Balaban J connectivity index is 1.96. The van der Waals surface area contributed by atoms with Crippen LogP contribution in [0.5, 0.6) is 0 Å². The van der Waals surface area contributed by atoms with Gasteiger partial charge in [0.1, 0.15) is 5.69 Å². The monoisotopic (exact) mass is 249 g/mol. The third-order valence-electron chi connectivity index (χ3n) is 3.37. The van der Waals surface area contributed by atoms with Gasteiger partial charge >= 0.3 is 5.97 Å². The van der Waals surface area contributed by atoms with Crippen LogP contribution in [0, 0.1) is 5.41 Å². The van der Waals surface area contributed by atoms with Crippen molar-refractivity contribution in [3.05, 3.63) is 24.0 Å². The quantitative estimate of drug-likeness (QED) is 0.726. The van der Waals surface area contributed by atoms with Crippen LogP contribution < -0.4 is 11.1 Å². The van der Waals surface area contributed by atoms with E-state index >= 15 is 0 Å². The Morgan fingerprint density at radius 1 is 1.44 bits per heavy atom. The topological polar surface area (TPSA) is 105 Å². The number of anilines is 1. The van der Waals surface area contributed by atoms with Gasteiger partial charge in [-0.15, -0.1) is 0 Å². The number of hydrogen-bond donors (Lipinski definition) is 3. The van der Waals surface area contributed by atoms with Gasteiger partial charge < -0.3 is 16.2 Å². The number of amides is 1. The molecule has 2 rings (SSSR count). The molecule has 1 amide bonds. The number of carboxylic acid groups (broad SMARTS) is 1. The Bertz CT molecular complexity index is 466. The lowest BCUT2D eigenvalue weighted by Gasteiger charge is -2.37. The van der Waals surface area contributed by atoms with E-state index in [4.69, 9.17) is 10.8 Å². The van der Waals surface area contributed by atoms with Gasteiger partial charge in [-0.2, -0.15) is 0 Å². The van der Waals surface area contributed by atoms with Crippen molar-refractivity contribution in [1.82, 2.24) is 10.3 Å². The Morgan fingerprint density at radius 2 is 2.17 bits per heavy atom. The molecular weight excluding hydrogens is 234 g/mol. The summed E-state index contributed by atoms with van der Waals surface area (Å²) in [6.07, 6.45) is 3.50. The Kier molecular flexibility index (Phi) is 3.18. The molecular formula is C12H15N3O3. The lowest BCUT2D eigenvalue weighted by molar-refractivity contribution is -0.153. The molecule has 0 radical (unpaired) electrons. The zero-order valence-corrected chi connectivity index (χ0v) is 9.85. The standard InChI is InChI=1S/C12H15N3O3/c13-8-2-3-9(14-6-8)10(16)15-7-12(11(17)18)4-1-5-12/h2-3,6H,1,4-5,7,13H2,(H,15,16)(H,17,18). The number of rotatable bonds is 4.